The van der Waals surface area contributed by atoms with Gasteiger partial charge in [0.25, 0.3) is 5.91 Å². The van der Waals surface area contributed by atoms with Crippen LogP contribution in [0.5, 0.6) is 5.75 Å². The first kappa shape index (κ1) is 23.0. The molecule has 164 valence electrons. The Morgan fingerprint density at radius 3 is 2.63 bits per heavy atom. The summed E-state index contributed by atoms with van der Waals surface area (Å²) in [6.07, 6.45) is -5.26. The van der Waals surface area contributed by atoms with Gasteiger partial charge in [0.2, 0.25) is 5.91 Å². The van der Waals surface area contributed by atoms with Gasteiger partial charge in [-0.2, -0.15) is 13.2 Å². The number of benzene rings is 1. The van der Waals surface area contributed by atoms with Gasteiger partial charge in [-0.15, -0.1) is 0 Å². The van der Waals surface area contributed by atoms with Crippen molar-refractivity contribution < 1.29 is 41.8 Å². The second-order valence-corrected chi connectivity index (χ2v) is 6.40. The number of nitrogens with one attached hydrogen (secondary N) is 2. The molecule has 0 aromatic heterocycles. The Balaban J connectivity index is 1.94. The minimum absolute atomic E-state index is 0.0576. The van der Waals surface area contributed by atoms with Crippen LogP contribution in [-0.4, -0.2) is 66.9 Å². The third-order valence-electron chi connectivity index (χ3n) is 4.11. The van der Waals surface area contributed by atoms with E-state index < -0.39 is 37.2 Å². The second kappa shape index (κ2) is 9.94. The molecule has 12 heteroatoms. The molecular weight excluding hydrogens is 414 g/mol. The molecule has 0 saturated heterocycles. The Morgan fingerprint density at radius 1 is 1.27 bits per heavy atom. The van der Waals surface area contributed by atoms with Crippen molar-refractivity contribution in [3.8, 4) is 5.75 Å². The molecule has 0 spiro atoms. The molecule has 0 bridgehead atoms. The van der Waals surface area contributed by atoms with Crippen molar-refractivity contribution in [1.82, 2.24) is 15.5 Å². The highest BCUT2D eigenvalue weighted by Gasteiger charge is 2.30. The number of fused-ring (bicyclic) bond motifs is 1. The Bertz CT molecular complexity index is 842. The number of ether oxygens (including phenoxy) is 1. The standard InChI is InChI=1S/C18H19F4N3O5/c19-6-11(7-23-17(28)29)9-30-13-1-2-14-12(5-13)3-4-25(16(14)27)8-15(26)24-10-18(20,21)22/h1-2,5-6,23H,3-4,7-10H2,(H,24,26)(H,28,29)/b11-6-. The fraction of sp³-hybridized carbons (Fsp3) is 0.389. The number of rotatable bonds is 8. The van der Waals surface area contributed by atoms with E-state index in [-0.39, 0.29) is 37.2 Å². The van der Waals surface area contributed by atoms with Gasteiger partial charge in [0.1, 0.15) is 18.9 Å². The van der Waals surface area contributed by atoms with E-state index in [1.807, 2.05) is 5.32 Å². The minimum atomic E-state index is -4.54. The van der Waals surface area contributed by atoms with Crippen LogP contribution < -0.4 is 15.4 Å². The quantitative estimate of drug-likeness (QED) is 0.543. The maximum atomic E-state index is 12.8. The number of alkyl halides is 3. The summed E-state index contributed by atoms with van der Waals surface area (Å²) in [5, 5.41) is 12.3. The van der Waals surface area contributed by atoms with Gasteiger partial charge in [0.05, 0.1) is 12.9 Å². The van der Waals surface area contributed by atoms with Crippen LogP contribution in [0.3, 0.4) is 0 Å². The van der Waals surface area contributed by atoms with Gasteiger partial charge in [-0.3, -0.25) is 9.59 Å². The average molecular weight is 433 g/mol. The van der Waals surface area contributed by atoms with Gasteiger partial charge < -0.3 is 25.4 Å². The zero-order valence-corrected chi connectivity index (χ0v) is 15.6. The predicted octanol–water partition coefficient (Wildman–Crippen LogP) is 1.86. The number of hydrogen-bond acceptors (Lipinski definition) is 4. The SMILES string of the molecule is O=C(O)NC/C(=C/F)COc1ccc2c(c1)CCN(CC(=O)NCC(F)(F)F)C2=O. The molecule has 1 aliphatic heterocycles. The van der Waals surface area contributed by atoms with Crippen LogP contribution in [0, 0.1) is 0 Å². The Morgan fingerprint density at radius 2 is 2.00 bits per heavy atom. The molecule has 0 aliphatic carbocycles. The molecule has 3 N–H and O–H groups in total. The number of carbonyl (C=O) groups is 3. The van der Waals surface area contributed by atoms with E-state index in [2.05, 4.69) is 0 Å². The van der Waals surface area contributed by atoms with E-state index >= 15 is 0 Å². The predicted molar refractivity (Wildman–Crippen MR) is 95.8 cm³/mol. The van der Waals surface area contributed by atoms with Gasteiger partial charge in [0.15, 0.2) is 0 Å². The van der Waals surface area contributed by atoms with E-state index in [0.29, 0.717) is 17.7 Å². The highest BCUT2D eigenvalue weighted by atomic mass is 19.4. The van der Waals surface area contributed by atoms with Crippen LogP contribution in [-0.2, 0) is 11.2 Å². The number of amides is 3. The lowest BCUT2D eigenvalue weighted by Crippen LogP contribution is -2.45. The van der Waals surface area contributed by atoms with Crippen LogP contribution in [0.25, 0.3) is 0 Å². The average Bonchev–Trinajstić information content (AvgIpc) is 2.68. The summed E-state index contributed by atoms with van der Waals surface area (Å²) in [5.74, 6) is -1.09. The van der Waals surface area contributed by atoms with Crippen LogP contribution in [0.1, 0.15) is 15.9 Å². The summed E-state index contributed by atoms with van der Waals surface area (Å²) in [4.78, 5) is 35.7. The molecule has 1 aromatic carbocycles. The van der Waals surface area contributed by atoms with Crippen LogP contribution >= 0.6 is 0 Å². The van der Waals surface area contributed by atoms with Crippen LogP contribution in [0.4, 0.5) is 22.4 Å². The van der Waals surface area contributed by atoms with E-state index in [0.717, 1.165) is 4.90 Å². The first-order chi connectivity index (χ1) is 14.1. The molecule has 0 saturated carbocycles. The third-order valence-corrected chi connectivity index (χ3v) is 4.11. The lowest BCUT2D eigenvalue weighted by atomic mass is 9.98. The molecule has 3 amide bonds. The molecule has 1 aromatic rings. The van der Waals surface area contributed by atoms with E-state index in [1.54, 1.807) is 11.4 Å². The summed E-state index contributed by atoms with van der Waals surface area (Å²) in [5.41, 5.74) is 0.951. The van der Waals surface area contributed by atoms with Crippen molar-refractivity contribution in [2.75, 3.05) is 32.8 Å². The molecule has 8 nitrogen and oxygen atoms in total. The van der Waals surface area contributed by atoms with Crippen LogP contribution in [0.15, 0.2) is 30.1 Å². The summed E-state index contributed by atoms with van der Waals surface area (Å²) >= 11 is 0. The zero-order valence-electron chi connectivity index (χ0n) is 15.6. The Labute approximate surface area is 168 Å². The first-order valence-electron chi connectivity index (χ1n) is 8.72. The molecule has 0 unspecified atom stereocenters. The maximum Gasteiger partial charge on any atom is 0.405 e. The number of nitrogens with zero attached hydrogens (tertiary/aromatic N) is 1. The lowest BCUT2D eigenvalue weighted by molar-refractivity contribution is -0.138. The molecule has 0 radical (unpaired) electrons. The second-order valence-electron chi connectivity index (χ2n) is 6.40. The van der Waals surface area contributed by atoms with Gasteiger partial charge in [-0.1, -0.05) is 0 Å². The van der Waals surface area contributed by atoms with Gasteiger partial charge in [-0.05, 0) is 30.2 Å². The summed E-state index contributed by atoms with van der Waals surface area (Å²) in [6, 6.07) is 4.46. The van der Waals surface area contributed by atoms with Crippen LogP contribution in [0.2, 0.25) is 0 Å². The molecule has 2 rings (SSSR count). The van der Waals surface area contributed by atoms with Crippen molar-refractivity contribution in [3.05, 3.63) is 41.2 Å². The fourth-order valence-electron chi connectivity index (χ4n) is 2.67. The molecule has 0 fully saturated rings. The first-order valence-corrected chi connectivity index (χ1v) is 8.72. The Hall–Kier alpha value is -3.31. The van der Waals surface area contributed by atoms with E-state index in [4.69, 9.17) is 9.84 Å². The van der Waals surface area contributed by atoms with Crippen molar-refractivity contribution >= 4 is 17.9 Å². The molecular formula is C18H19F4N3O5. The monoisotopic (exact) mass is 433 g/mol. The smallest absolute Gasteiger partial charge is 0.405 e. The summed E-state index contributed by atoms with van der Waals surface area (Å²) in [6.45, 7) is -2.29. The van der Waals surface area contributed by atoms with Gasteiger partial charge in [0, 0.05) is 24.2 Å². The fourth-order valence-corrected chi connectivity index (χ4v) is 2.67. The minimum Gasteiger partial charge on any atom is -0.489 e. The maximum absolute atomic E-state index is 12.8. The van der Waals surface area contributed by atoms with Crippen molar-refractivity contribution in [1.29, 1.82) is 0 Å². The molecule has 1 heterocycles. The van der Waals surface area contributed by atoms with Crippen molar-refractivity contribution in [2.45, 2.75) is 12.6 Å². The number of carbonyl (C=O) groups excluding carboxylic acids is 2. The van der Waals surface area contributed by atoms with E-state index in [1.165, 1.54) is 12.1 Å². The topological polar surface area (TPSA) is 108 Å². The van der Waals surface area contributed by atoms with Crippen molar-refractivity contribution in [2.24, 2.45) is 0 Å². The number of hydrogen-bond donors (Lipinski definition) is 3. The number of carboxylic acid groups (broad SMARTS) is 1. The highest BCUT2D eigenvalue weighted by Crippen LogP contribution is 2.24. The van der Waals surface area contributed by atoms with E-state index in [9.17, 15) is 31.9 Å². The third kappa shape index (κ3) is 6.94. The van der Waals surface area contributed by atoms with Crippen molar-refractivity contribution in [3.63, 3.8) is 0 Å². The zero-order chi connectivity index (χ0) is 22.3. The molecule has 0 atom stereocenters. The number of halogens is 4. The Kier molecular flexibility index (Phi) is 7.61. The lowest BCUT2D eigenvalue weighted by Gasteiger charge is -2.28. The summed E-state index contributed by atoms with van der Waals surface area (Å²) < 4.78 is 54.7. The largest absolute Gasteiger partial charge is 0.489 e. The normalized spacial score (nSPS) is 14.2. The van der Waals surface area contributed by atoms with Gasteiger partial charge in [-0.25, -0.2) is 9.18 Å². The van der Waals surface area contributed by atoms with Gasteiger partial charge >= 0.3 is 12.3 Å². The summed E-state index contributed by atoms with van der Waals surface area (Å²) in [7, 11) is 0. The molecule has 30 heavy (non-hydrogen) atoms. The highest BCUT2D eigenvalue weighted by molar-refractivity contribution is 5.98. The molecule has 1 aliphatic rings.